The SMILES string of the molecule is CCNC1(C(=O)OC)CCCC1CCSC(C)C(C)O. The molecule has 0 amide bonds. The summed E-state index contributed by atoms with van der Waals surface area (Å²) in [7, 11) is 1.47. The number of ether oxygens (including phenoxy) is 1. The van der Waals surface area contributed by atoms with Crippen LogP contribution >= 0.6 is 11.8 Å². The summed E-state index contributed by atoms with van der Waals surface area (Å²) in [4.78, 5) is 12.2. The van der Waals surface area contributed by atoms with Crippen molar-refractivity contribution in [3.8, 4) is 0 Å². The van der Waals surface area contributed by atoms with Crippen LogP contribution in [0.5, 0.6) is 0 Å². The first-order chi connectivity index (χ1) is 9.47. The number of methoxy groups -OCH3 is 1. The minimum atomic E-state index is -0.488. The Labute approximate surface area is 127 Å². The molecule has 0 saturated heterocycles. The number of nitrogens with one attached hydrogen (secondary N) is 1. The quantitative estimate of drug-likeness (QED) is 0.673. The van der Waals surface area contributed by atoms with Crippen LogP contribution in [0.4, 0.5) is 0 Å². The monoisotopic (exact) mass is 303 g/mol. The van der Waals surface area contributed by atoms with Gasteiger partial charge in [0.05, 0.1) is 13.2 Å². The van der Waals surface area contributed by atoms with Crippen LogP contribution in [0.2, 0.25) is 0 Å². The minimum Gasteiger partial charge on any atom is -0.468 e. The number of esters is 1. The summed E-state index contributed by atoms with van der Waals surface area (Å²) in [5.41, 5.74) is -0.488. The topological polar surface area (TPSA) is 58.6 Å². The summed E-state index contributed by atoms with van der Waals surface area (Å²) < 4.78 is 5.04. The first-order valence-corrected chi connectivity index (χ1v) is 8.66. The molecule has 118 valence electrons. The Bertz CT molecular complexity index is 311. The van der Waals surface area contributed by atoms with Crippen LogP contribution in [0, 0.1) is 5.92 Å². The lowest BCUT2D eigenvalue weighted by molar-refractivity contribution is -0.150. The molecular formula is C15H29NO3S. The highest BCUT2D eigenvalue weighted by atomic mass is 32.2. The molecule has 4 unspecified atom stereocenters. The Hall–Kier alpha value is -0.260. The van der Waals surface area contributed by atoms with Crippen LogP contribution in [0.3, 0.4) is 0 Å². The van der Waals surface area contributed by atoms with Crippen LogP contribution in [0.1, 0.15) is 46.5 Å². The highest BCUT2D eigenvalue weighted by Gasteiger charge is 2.48. The maximum absolute atomic E-state index is 12.2. The summed E-state index contributed by atoms with van der Waals surface area (Å²) in [6.45, 7) is 6.68. The van der Waals surface area contributed by atoms with E-state index in [9.17, 15) is 9.90 Å². The summed E-state index contributed by atoms with van der Waals surface area (Å²) in [5.74, 6) is 1.19. The number of thioether (sulfide) groups is 1. The van der Waals surface area contributed by atoms with E-state index in [1.807, 2.05) is 20.8 Å². The summed E-state index contributed by atoms with van der Waals surface area (Å²) in [6, 6.07) is 0. The van der Waals surface area contributed by atoms with Gasteiger partial charge in [0.25, 0.3) is 0 Å². The van der Waals surface area contributed by atoms with E-state index in [1.54, 1.807) is 11.8 Å². The first-order valence-electron chi connectivity index (χ1n) is 7.61. The van der Waals surface area contributed by atoms with Gasteiger partial charge in [-0.3, -0.25) is 4.79 Å². The molecule has 0 aromatic rings. The van der Waals surface area contributed by atoms with Crippen molar-refractivity contribution in [1.29, 1.82) is 0 Å². The molecule has 1 aliphatic rings. The lowest BCUT2D eigenvalue weighted by Gasteiger charge is -2.33. The smallest absolute Gasteiger partial charge is 0.326 e. The molecule has 20 heavy (non-hydrogen) atoms. The zero-order chi connectivity index (χ0) is 15.2. The number of aliphatic hydroxyl groups is 1. The van der Waals surface area contributed by atoms with Crippen molar-refractivity contribution in [2.45, 2.75) is 63.3 Å². The van der Waals surface area contributed by atoms with Crippen molar-refractivity contribution in [2.24, 2.45) is 5.92 Å². The molecule has 0 radical (unpaired) electrons. The molecule has 0 spiro atoms. The van der Waals surface area contributed by atoms with Crippen molar-refractivity contribution in [2.75, 3.05) is 19.4 Å². The van der Waals surface area contributed by atoms with E-state index in [4.69, 9.17) is 4.74 Å². The van der Waals surface area contributed by atoms with Crippen LogP contribution in [-0.2, 0) is 9.53 Å². The molecule has 1 aliphatic carbocycles. The molecule has 4 nitrogen and oxygen atoms in total. The number of likely N-dealkylation sites (N-methyl/N-ethyl adjacent to an activating group) is 1. The van der Waals surface area contributed by atoms with Crippen molar-refractivity contribution in [3.63, 3.8) is 0 Å². The van der Waals surface area contributed by atoms with Crippen LogP contribution in [0.25, 0.3) is 0 Å². The summed E-state index contributed by atoms with van der Waals surface area (Å²) in [6.07, 6.45) is 3.72. The number of rotatable bonds is 8. The van der Waals surface area contributed by atoms with E-state index in [2.05, 4.69) is 5.32 Å². The Morgan fingerprint density at radius 3 is 2.80 bits per heavy atom. The second-order valence-electron chi connectivity index (χ2n) is 5.69. The van der Waals surface area contributed by atoms with Gasteiger partial charge in [-0.15, -0.1) is 0 Å². The molecule has 0 aliphatic heterocycles. The number of hydrogen-bond donors (Lipinski definition) is 2. The van der Waals surface area contributed by atoms with E-state index in [-0.39, 0.29) is 17.3 Å². The number of aliphatic hydroxyl groups excluding tert-OH is 1. The molecule has 1 rings (SSSR count). The van der Waals surface area contributed by atoms with Gasteiger partial charge in [0.1, 0.15) is 5.54 Å². The summed E-state index contributed by atoms with van der Waals surface area (Å²) in [5, 5.41) is 13.1. The van der Waals surface area contributed by atoms with Gasteiger partial charge in [-0.05, 0) is 44.4 Å². The molecule has 1 fully saturated rings. The molecule has 0 aromatic carbocycles. The third kappa shape index (κ3) is 4.12. The van der Waals surface area contributed by atoms with Gasteiger partial charge >= 0.3 is 5.97 Å². The van der Waals surface area contributed by atoms with Crippen molar-refractivity contribution >= 4 is 17.7 Å². The number of carbonyl (C=O) groups excluding carboxylic acids is 1. The van der Waals surface area contributed by atoms with Crippen molar-refractivity contribution in [1.82, 2.24) is 5.32 Å². The number of hydrogen-bond acceptors (Lipinski definition) is 5. The predicted molar refractivity (Wildman–Crippen MR) is 84.0 cm³/mol. The van der Waals surface area contributed by atoms with Gasteiger partial charge < -0.3 is 15.2 Å². The number of carbonyl (C=O) groups is 1. The standard InChI is InChI=1S/C15H29NO3S/c1-5-16-15(14(18)19-4)9-6-7-13(15)8-10-20-12(3)11(2)17/h11-13,16-17H,5-10H2,1-4H3. The molecule has 1 saturated carbocycles. The maximum atomic E-state index is 12.2. The Kier molecular flexibility index (Phi) is 7.34. The Morgan fingerprint density at radius 2 is 2.25 bits per heavy atom. The van der Waals surface area contributed by atoms with Gasteiger partial charge in [0.15, 0.2) is 0 Å². The zero-order valence-corrected chi connectivity index (χ0v) is 14.0. The normalized spacial score (nSPS) is 29.1. The fourth-order valence-corrected chi connectivity index (χ4v) is 4.15. The molecular weight excluding hydrogens is 274 g/mol. The van der Waals surface area contributed by atoms with E-state index in [0.29, 0.717) is 5.92 Å². The fraction of sp³-hybridized carbons (Fsp3) is 0.933. The molecule has 0 aromatic heterocycles. The minimum absolute atomic E-state index is 0.115. The second kappa shape index (κ2) is 8.25. The van der Waals surface area contributed by atoms with Gasteiger partial charge in [0, 0.05) is 5.25 Å². The average molecular weight is 303 g/mol. The molecule has 4 atom stereocenters. The van der Waals surface area contributed by atoms with Crippen LogP contribution in [-0.4, -0.2) is 47.4 Å². The predicted octanol–water partition coefficient (Wildman–Crippen LogP) is 2.20. The largest absolute Gasteiger partial charge is 0.468 e. The lowest BCUT2D eigenvalue weighted by atomic mass is 9.85. The van der Waals surface area contributed by atoms with E-state index < -0.39 is 5.54 Å². The van der Waals surface area contributed by atoms with Gasteiger partial charge in [-0.25, -0.2) is 0 Å². The van der Waals surface area contributed by atoms with E-state index in [1.165, 1.54) is 7.11 Å². The van der Waals surface area contributed by atoms with Gasteiger partial charge in [-0.1, -0.05) is 20.3 Å². The van der Waals surface area contributed by atoms with Crippen LogP contribution in [0.15, 0.2) is 0 Å². The first kappa shape index (κ1) is 17.8. The second-order valence-corrected chi connectivity index (χ2v) is 7.17. The average Bonchev–Trinajstić information content (AvgIpc) is 2.82. The van der Waals surface area contributed by atoms with Crippen LogP contribution < -0.4 is 5.32 Å². The molecule has 0 bridgehead atoms. The molecule has 2 N–H and O–H groups in total. The van der Waals surface area contributed by atoms with Gasteiger partial charge in [-0.2, -0.15) is 11.8 Å². The van der Waals surface area contributed by atoms with Crippen molar-refractivity contribution in [3.05, 3.63) is 0 Å². The molecule has 5 heteroatoms. The Morgan fingerprint density at radius 1 is 1.55 bits per heavy atom. The molecule has 0 heterocycles. The lowest BCUT2D eigenvalue weighted by Crippen LogP contribution is -2.55. The highest BCUT2D eigenvalue weighted by molar-refractivity contribution is 7.99. The third-order valence-electron chi connectivity index (χ3n) is 4.39. The van der Waals surface area contributed by atoms with E-state index >= 15 is 0 Å². The maximum Gasteiger partial charge on any atom is 0.326 e. The summed E-state index contributed by atoms with van der Waals surface area (Å²) >= 11 is 1.78. The Balaban J connectivity index is 2.60. The highest BCUT2D eigenvalue weighted by Crippen LogP contribution is 2.39. The fourth-order valence-electron chi connectivity index (χ4n) is 3.08. The van der Waals surface area contributed by atoms with Gasteiger partial charge in [0.2, 0.25) is 0 Å². The van der Waals surface area contributed by atoms with E-state index in [0.717, 1.165) is 38.0 Å². The van der Waals surface area contributed by atoms with Crippen molar-refractivity contribution < 1.29 is 14.6 Å². The zero-order valence-electron chi connectivity index (χ0n) is 13.1. The third-order valence-corrected chi connectivity index (χ3v) is 5.78.